The summed E-state index contributed by atoms with van der Waals surface area (Å²) in [5.74, 6) is 3.46. The number of fused-ring (bicyclic) bond motifs is 24. The number of nitrogens with one attached hydrogen (secondary N) is 4. The Bertz CT molecular complexity index is 6590. The average Bonchev–Trinajstić information content (AvgIpc) is 1.62. The minimum Gasteiger partial charge on any atom is -0.489 e. The Labute approximate surface area is 732 Å². The molecule has 0 aliphatic carbocycles. The van der Waals surface area contributed by atoms with E-state index in [1.54, 1.807) is 67.2 Å². The summed E-state index contributed by atoms with van der Waals surface area (Å²) in [6.07, 6.45) is 28.2. The fraction of sp³-hybridized carbons (Fsp3) is 0.275. The molecule has 18 heterocycles. The number of halogens is 2. The molecule has 0 spiro atoms. The van der Waals surface area contributed by atoms with E-state index in [0.717, 1.165) is 118 Å². The van der Waals surface area contributed by atoms with E-state index >= 15 is 0 Å². The van der Waals surface area contributed by atoms with Gasteiger partial charge in [-0.15, -0.1) is 22.7 Å². The lowest BCUT2D eigenvalue weighted by molar-refractivity contribution is 0.284. The van der Waals surface area contributed by atoms with Gasteiger partial charge in [0.25, 0.3) is 22.2 Å². The first-order valence-electron chi connectivity index (χ1n) is 43.7. The van der Waals surface area contributed by atoms with Crippen molar-refractivity contribution < 1.29 is 36.6 Å². The van der Waals surface area contributed by atoms with Crippen molar-refractivity contribution in [1.29, 1.82) is 0 Å². The molecule has 8 aliphatic rings. The molecule has 126 heavy (non-hydrogen) atoms. The summed E-state index contributed by atoms with van der Waals surface area (Å²) in [5, 5.41) is 20.0. The summed E-state index contributed by atoms with van der Waals surface area (Å²) < 4.78 is 70.4. The Morgan fingerprint density at radius 2 is 0.683 bits per heavy atom. The predicted octanol–water partition coefficient (Wildman–Crippen LogP) is 19.6. The van der Waals surface area contributed by atoms with Gasteiger partial charge < -0.3 is 49.0 Å². The zero-order valence-electron chi connectivity index (χ0n) is 69.2. The maximum absolute atomic E-state index is 13.0. The second kappa shape index (κ2) is 35.0. The van der Waals surface area contributed by atoms with Gasteiger partial charge in [0.2, 0.25) is 0 Å². The van der Waals surface area contributed by atoms with Crippen molar-refractivity contribution in [2.24, 2.45) is 0 Å². The fourth-order valence-electron chi connectivity index (χ4n) is 19.7. The summed E-state index contributed by atoms with van der Waals surface area (Å²) >= 11 is 3.77. The van der Waals surface area contributed by atoms with Crippen LogP contribution in [0.2, 0.25) is 0 Å². The summed E-state index contributed by atoms with van der Waals surface area (Å²) in [4.78, 5) is 62.1. The van der Waals surface area contributed by atoms with Crippen LogP contribution in [0, 0.1) is 11.6 Å². The van der Waals surface area contributed by atoms with E-state index in [4.69, 9.17) is 27.8 Å². The SMILES string of the molecule is O=c1cc(OCc2ccc(F)cn2)ccn1-c1ccc2c3c(oc2c1)CC1CCCC3N1.O=c1cc(OCc2ccc(F)cn2)ccn1-c1ccc2c3c(sc2c1)CC1CCCC3N1.O=c1cc(OCc2ccccc2)ccn1-c1ccc2c3c(oc2c1)CC1CCCC3N1.O=c1cc(OCc2ccccc2)ccn1-c1ccc2c3c(sc2c1)CC1CCCC3N1. The number of pyridine rings is 6. The number of nitrogens with zero attached hydrogens (tertiary/aromatic N) is 6. The summed E-state index contributed by atoms with van der Waals surface area (Å²) in [6.45, 7) is 1.22. The molecule has 8 atom stereocenters. The third-order valence-corrected chi connectivity index (χ3v) is 28.1. The van der Waals surface area contributed by atoms with Gasteiger partial charge >= 0.3 is 0 Å². The van der Waals surface area contributed by atoms with Crippen LogP contribution in [-0.4, -0.2) is 52.4 Å². The van der Waals surface area contributed by atoms with Crippen molar-refractivity contribution in [2.45, 2.75) is 177 Å². The molecule has 16 aromatic rings. The smallest absolute Gasteiger partial charge is 0.258 e. The van der Waals surface area contributed by atoms with Crippen LogP contribution >= 0.6 is 22.7 Å². The van der Waals surface area contributed by atoms with Gasteiger partial charge in [-0.05, 0) is 220 Å². The number of hydrogen-bond acceptors (Lipinski definition) is 18. The molecule has 24 rings (SSSR count). The van der Waals surface area contributed by atoms with Gasteiger partial charge in [-0.3, -0.25) is 47.4 Å². The molecule has 636 valence electrons. The van der Waals surface area contributed by atoms with Crippen molar-refractivity contribution in [2.75, 3.05) is 0 Å². The molecule has 8 unspecified atom stereocenters. The highest BCUT2D eigenvalue weighted by molar-refractivity contribution is 7.19. The molecule has 0 radical (unpaired) electrons. The zero-order chi connectivity index (χ0) is 84.9. The molecule has 6 aromatic carbocycles. The highest BCUT2D eigenvalue weighted by Crippen LogP contribution is 2.48. The topological polar surface area (TPSA) is 225 Å². The van der Waals surface area contributed by atoms with Crippen LogP contribution in [0.1, 0.15) is 167 Å². The predicted molar refractivity (Wildman–Crippen MR) is 486 cm³/mol. The van der Waals surface area contributed by atoms with Crippen molar-refractivity contribution in [3.63, 3.8) is 0 Å². The van der Waals surface area contributed by atoms with Crippen LogP contribution in [-0.2, 0) is 52.1 Å². The lowest BCUT2D eigenvalue weighted by atomic mass is 9.84. The largest absolute Gasteiger partial charge is 0.489 e. The lowest BCUT2D eigenvalue weighted by Crippen LogP contribution is -2.42. The van der Waals surface area contributed by atoms with E-state index in [-0.39, 0.29) is 41.3 Å². The average molecular weight is 1720 g/mol. The number of hydrogen-bond donors (Lipinski definition) is 4. The number of furan rings is 2. The molecule has 0 saturated carbocycles. The molecule has 8 bridgehead atoms. The molecule has 4 N–H and O–H groups in total. The number of piperidine rings is 4. The first-order chi connectivity index (χ1) is 61.8. The van der Waals surface area contributed by atoms with Crippen molar-refractivity contribution in [3.8, 4) is 45.7 Å². The first-order valence-corrected chi connectivity index (χ1v) is 45.4. The van der Waals surface area contributed by atoms with Gasteiger partial charge in [0, 0.05) is 163 Å². The zero-order valence-corrected chi connectivity index (χ0v) is 70.8. The second-order valence-electron chi connectivity index (χ2n) is 34.0. The molecule has 24 heteroatoms. The Kier molecular flexibility index (Phi) is 22.4. The summed E-state index contributed by atoms with van der Waals surface area (Å²) in [7, 11) is 0. The number of aromatic nitrogens is 6. The molecule has 8 aliphatic heterocycles. The maximum atomic E-state index is 13.0. The number of benzene rings is 6. The van der Waals surface area contributed by atoms with Crippen molar-refractivity contribution in [3.05, 3.63) is 363 Å². The van der Waals surface area contributed by atoms with Gasteiger partial charge in [0.05, 0.1) is 46.5 Å². The quantitative estimate of drug-likeness (QED) is 0.0706. The van der Waals surface area contributed by atoms with Gasteiger partial charge in [0.1, 0.15) is 83.7 Å². The van der Waals surface area contributed by atoms with E-state index in [2.05, 4.69) is 73.7 Å². The van der Waals surface area contributed by atoms with Gasteiger partial charge in [0.15, 0.2) is 0 Å². The molecule has 4 saturated heterocycles. The first kappa shape index (κ1) is 80.4. The number of ether oxygens (including phenoxy) is 4. The van der Waals surface area contributed by atoms with Gasteiger partial charge in [-0.2, -0.15) is 0 Å². The molecule has 0 amide bonds. The monoisotopic (exact) mass is 1720 g/mol. The Morgan fingerprint density at radius 1 is 0.349 bits per heavy atom. The van der Waals surface area contributed by atoms with Crippen LogP contribution in [0.15, 0.2) is 271 Å². The van der Waals surface area contributed by atoms with E-state index in [0.29, 0.717) is 95.9 Å². The molecule has 4 fully saturated rings. The van der Waals surface area contributed by atoms with Crippen LogP contribution < -0.4 is 62.5 Å². The third-order valence-electron chi connectivity index (χ3n) is 25.7. The van der Waals surface area contributed by atoms with E-state index in [9.17, 15) is 28.0 Å². The second-order valence-corrected chi connectivity index (χ2v) is 36.3. The number of rotatable bonds is 16. The minimum absolute atomic E-state index is 0.0799. The molecular formula is C102H92F2N10O10S2. The molecule has 20 nitrogen and oxygen atoms in total. The Balaban J connectivity index is 0.000000103. The standard InChI is InChI=1S/C26H24N2O3.C26H24N2O2S.C25H22FN3O3.C25H22FN3O2S/c2*29-25-15-20(30-16-17-5-2-1-3-6-17)11-12-28(25)19-9-10-21-23(14-19)31-24-13-18-7-4-8-22(27-18)26(21)24;2*26-15-4-5-17(27-13-15)14-31-19-8-9-29(24(30)12-19)18-6-7-20-22(11-18)32-23-10-16-2-1-3-21(28-16)25(20)23/h2*1-3,5-6,9-12,14-15,18,22,27H,4,7-8,13,16H2;2*4-9,11-13,16,21,28H,1-3,10,14H2. The number of thiophene rings is 2. The van der Waals surface area contributed by atoms with Crippen LogP contribution in [0.5, 0.6) is 23.0 Å². The fourth-order valence-corrected chi connectivity index (χ4v) is 22.5. The van der Waals surface area contributed by atoms with Gasteiger partial charge in [-0.1, -0.05) is 72.8 Å². The molecular weight excluding hydrogens is 1630 g/mol. The van der Waals surface area contributed by atoms with Crippen molar-refractivity contribution in [1.82, 2.24) is 49.5 Å². The highest BCUT2D eigenvalue weighted by atomic mass is 32.1. The highest BCUT2D eigenvalue weighted by Gasteiger charge is 2.38. The summed E-state index contributed by atoms with van der Waals surface area (Å²) in [6, 6.07) is 67.6. The summed E-state index contributed by atoms with van der Waals surface area (Å²) in [5.41, 5.74) is 13.3. The van der Waals surface area contributed by atoms with E-state index in [1.165, 1.54) is 147 Å². The van der Waals surface area contributed by atoms with Crippen molar-refractivity contribution >= 4 is 64.8 Å². The normalized spacial score (nSPS) is 19.8. The van der Waals surface area contributed by atoms with Crippen LogP contribution in [0.25, 0.3) is 64.9 Å². The lowest BCUT2D eigenvalue weighted by Gasteiger charge is -2.36. The van der Waals surface area contributed by atoms with E-state index < -0.39 is 5.82 Å². The third kappa shape index (κ3) is 16.9. The van der Waals surface area contributed by atoms with Gasteiger partial charge in [-0.25, -0.2) is 8.78 Å². The maximum Gasteiger partial charge on any atom is 0.258 e. The van der Waals surface area contributed by atoms with Crippen LogP contribution in [0.3, 0.4) is 0 Å². The minimum atomic E-state index is -0.398. The Hall–Kier alpha value is -12.7. The van der Waals surface area contributed by atoms with E-state index in [1.807, 2.05) is 132 Å². The molecule has 10 aromatic heterocycles. The Morgan fingerprint density at radius 3 is 1.03 bits per heavy atom. The van der Waals surface area contributed by atoms with Crippen LogP contribution in [0.4, 0.5) is 8.78 Å².